The van der Waals surface area contributed by atoms with Gasteiger partial charge in [0, 0.05) is 18.7 Å². The van der Waals surface area contributed by atoms with Crippen molar-refractivity contribution in [1.82, 2.24) is 15.5 Å². The maximum Gasteiger partial charge on any atom is 0.325 e. The number of nitrogens with one attached hydrogen (secondary N) is 2. The SMILES string of the molecule is CC1(C)NC(=O)N(CCCC(=O)NC2CCCc3cc(N)ccc32)C1=O. The summed E-state index contributed by atoms with van der Waals surface area (Å²) in [7, 11) is 0. The van der Waals surface area contributed by atoms with E-state index in [0.717, 1.165) is 30.5 Å². The fraction of sp³-hybridized carbons (Fsp3) is 0.526. The molecule has 140 valence electrons. The smallest absolute Gasteiger partial charge is 0.325 e. The molecule has 7 nitrogen and oxygen atoms in total. The van der Waals surface area contributed by atoms with Gasteiger partial charge >= 0.3 is 6.03 Å². The zero-order valence-corrected chi connectivity index (χ0v) is 15.3. The van der Waals surface area contributed by atoms with Crippen LogP contribution in [0.5, 0.6) is 0 Å². The molecule has 0 spiro atoms. The summed E-state index contributed by atoms with van der Waals surface area (Å²) in [6, 6.07) is 5.45. The quantitative estimate of drug-likeness (QED) is 0.552. The minimum absolute atomic E-state index is 0.00232. The van der Waals surface area contributed by atoms with Crippen LogP contribution in [0.3, 0.4) is 0 Å². The Balaban J connectivity index is 1.52. The highest BCUT2D eigenvalue weighted by Gasteiger charge is 2.43. The van der Waals surface area contributed by atoms with E-state index in [1.54, 1.807) is 13.8 Å². The summed E-state index contributed by atoms with van der Waals surface area (Å²) in [6.45, 7) is 3.60. The normalized spacial score (nSPS) is 21.3. The van der Waals surface area contributed by atoms with Crippen molar-refractivity contribution < 1.29 is 14.4 Å². The van der Waals surface area contributed by atoms with Crippen molar-refractivity contribution in [1.29, 1.82) is 0 Å². The Kier molecular flexibility index (Phi) is 4.89. The van der Waals surface area contributed by atoms with E-state index in [0.29, 0.717) is 6.42 Å². The minimum atomic E-state index is -0.868. The first-order valence-electron chi connectivity index (χ1n) is 9.10. The first kappa shape index (κ1) is 18.2. The van der Waals surface area contributed by atoms with Gasteiger partial charge in [0.1, 0.15) is 5.54 Å². The molecule has 1 saturated heterocycles. The second-order valence-corrected chi connectivity index (χ2v) is 7.59. The van der Waals surface area contributed by atoms with E-state index >= 15 is 0 Å². The van der Waals surface area contributed by atoms with Gasteiger partial charge in [0.05, 0.1) is 6.04 Å². The van der Waals surface area contributed by atoms with Gasteiger partial charge in [-0.15, -0.1) is 0 Å². The molecule has 1 aliphatic carbocycles. The predicted molar refractivity (Wildman–Crippen MR) is 98.2 cm³/mol. The third kappa shape index (κ3) is 3.66. The molecule has 1 heterocycles. The number of nitrogens with zero attached hydrogens (tertiary/aromatic N) is 1. The lowest BCUT2D eigenvalue weighted by atomic mass is 9.87. The van der Waals surface area contributed by atoms with Gasteiger partial charge in [-0.2, -0.15) is 0 Å². The van der Waals surface area contributed by atoms with E-state index in [2.05, 4.69) is 10.6 Å². The molecule has 1 aromatic carbocycles. The van der Waals surface area contributed by atoms with Gasteiger partial charge < -0.3 is 16.4 Å². The van der Waals surface area contributed by atoms with E-state index in [1.165, 1.54) is 10.5 Å². The van der Waals surface area contributed by atoms with Gasteiger partial charge in [0.2, 0.25) is 5.91 Å². The topological polar surface area (TPSA) is 105 Å². The number of hydrogen-bond acceptors (Lipinski definition) is 4. The predicted octanol–water partition coefficient (Wildman–Crippen LogP) is 1.87. The summed E-state index contributed by atoms with van der Waals surface area (Å²) >= 11 is 0. The molecule has 4 N–H and O–H groups in total. The zero-order valence-electron chi connectivity index (χ0n) is 15.3. The largest absolute Gasteiger partial charge is 0.399 e. The number of nitrogen functional groups attached to an aromatic ring is 1. The van der Waals surface area contributed by atoms with Crippen LogP contribution in [0.2, 0.25) is 0 Å². The van der Waals surface area contributed by atoms with Crippen molar-refractivity contribution in [3.05, 3.63) is 29.3 Å². The lowest BCUT2D eigenvalue weighted by Gasteiger charge is -2.26. The van der Waals surface area contributed by atoms with Crippen LogP contribution in [0.4, 0.5) is 10.5 Å². The molecule has 1 fully saturated rings. The fourth-order valence-corrected chi connectivity index (χ4v) is 3.67. The molecule has 4 amide bonds. The Labute approximate surface area is 153 Å². The molecular weight excluding hydrogens is 332 g/mol. The van der Waals surface area contributed by atoms with E-state index < -0.39 is 5.54 Å². The Morgan fingerprint density at radius 2 is 2.15 bits per heavy atom. The molecule has 1 aromatic rings. The Bertz CT molecular complexity index is 744. The summed E-state index contributed by atoms with van der Waals surface area (Å²) in [6.07, 6.45) is 3.62. The number of aryl methyl sites for hydroxylation is 1. The average molecular weight is 358 g/mol. The number of imide groups is 1. The zero-order chi connectivity index (χ0) is 18.9. The van der Waals surface area contributed by atoms with Crippen LogP contribution in [0.15, 0.2) is 18.2 Å². The summed E-state index contributed by atoms with van der Waals surface area (Å²) in [5.74, 6) is -0.312. The lowest BCUT2D eigenvalue weighted by molar-refractivity contribution is -0.130. The van der Waals surface area contributed by atoms with Crippen molar-refractivity contribution in [3.63, 3.8) is 0 Å². The number of fused-ring (bicyclic) bond motifs is 1. The molecule has 0 bridgehead atoms. The van der Waals surface area contributed by atoms with Gasteiger partial charge in [0.25, 0.3) is 5.91 Å². The van der Waals surface area contributed by atoms with Crippen molar-refractivity contribution in [3.8, 4) is 0 Å². The van der Waals surface area contributed by atoms with E-state index in [1.807, 2.05) is 18.2 Å². The molecule has 0 aromatic heterocycles. The maximum absolute atomic E-state index is 12.3. The number of hydrogen-bond donors (Lipinski definition) is 3. The summed E-state index contributed by atoms with van der Waals surface area (Å²) in [5, 5.41) is 5.71. The number of carbonyl (C=O) groups excluding carboxylic acids is 3. The van der Waals surface area contributed by atoms with Crippen molar-refractivity contribution in [2.24, 2.45) is 0 Å². The lowest BCUT2D eigenvalue weighted by Crippen LogP contribution is -2.40. The van der Waals surface area contributed by atoms with E-state index in [-0.39, 0.29) is 36.9 Å². The molecule has 1 aliphatic heterocycles. The van der Waals surface area contributed by atoms with Crippen LogP contribution in [0, 0.1) is 0 Å². The minimum Gasteiger partial charge on any atom is -0.399 e. The van der Waals surface area contributed by atoms with Gasteiger partial charge in [-0.25, -0.2) is 4.79 Å². The Morgan fingerprint density at radius 1 is 1.38 bits per heavy atom. The summed E-state index contributed by atoms with van der Waals surface area (Å²) in [5.41, 5.74) is 8.05. The average Bonchev–Trinajstić information content (AvgIpc) is 2.76. The summed E-state index contributed by atoms with van der Waals surface area (Å²) < 4.78 is 0. The molecule has 0 saturated carbocycles. The van der Waals surface area contributed by atoms with Crippen molar-refractivity contribution >= 4 is 23.5 Å². The van der Waals surface area contributed by atoms with Crippen molar-refractivity contribution in [2.45, 2.75) is 57.5 Å². The monoisotopic (exact) mass is 358 g/mol. The number of anilines is 1. The molecule has 26 heavy (non-hydrogen) atoms. The highest BCUT2D eigenvalue weighted by Crippen LogP contribution is 2.31. The molecule has 7 heteroatoms. The van der Waals surface area contributed by atoms with Crippen molar-refractivity contribution in [2.75, 3.05) is 12.3 Å². The van der Waals surface area contributed by atoms with E-state index in [9.17, 15) is 14.4 Å². The molecular formula is C19H26N4O3. The van der Waals surface area contributed by atoms with Crippen LogP contribution in [-0.4, -0.2) is 34.8 Å². The van der Waals surface area contributed by atoms with Gasteiger partial charge in [-0.1, -0.05) is 6.07 Å². The third-order valence-corrected chi connectivity index (χ3v) is 5.05. The van der Waals surface area contributed by atoms with Gasteiger partial charge in [-0.3, -0.25) is 14.5 Å². The fourth-order valence-electron chi connectivity index (χ4n) is 3.67. The Hall–Kier alpha value is -2.57. The number of rotatable bonds is 5. The number of urea groups is 1. The molecule has 0 radical (unpaired) electrons. The van der Waals surface area contributed by atoms with Crippen LogP contribution in [0.1, 0.15) is 56.7 Å². The second-order valence-electron chi connectivity index (χ2n) is 7.59. The molecule has 1 unspecified atom stereocenters. The second kappa shape index (κ2) is 6.97. The number of amides is 4. The number of carbonyl (C=O) groups is 3. The summed E-state index contributed by atoms with van der Waals surface area (Å²) in [4.78, 5) is 37.5. The Morgan fingerprint density at radius 3 is 2.85 bits per heavy atom. The number of nitrogens with two attached hydrogens (primary N) is 1. The van der Waals surface area contributed by atoms with Crippen LogP contribution < -0.4 is 16.4 Å². The van der Waals surface area contributed by atoms with E-state index in [4.69, 9.17) is 5.73 Å². The number of benzene rings is 1. The standard InChI is InChI=1S/C19H26N4O3/c1-19(2)17(25)23(18(26)22-19)10-4-7-16(24)21-15-6-3-5-12-11-13(20)8-9-14(12)15/h8-9,11,15H,3-7,10,20H2,1-2H3,(H,21,24)(H,22,26). The van der Waals surface area contributed by atoms with Crippen LogP contribution >= 0.6 is 0 Å². The van der Waals surface area contributed by atoms with Gasteiger partial charge in [0.15, 0.2) is 0 Å². The molecule has 1 atom stereocenters. The molecule has 2 aliphatic rings. The van der Waals surface area contributed by atoms with Gasteiger partial charge in [-0.05, 0) is 62.8 Å². The maximum atomic E-state index is 12.3. The first-order chi connectivity index (χ1) is 12.3. The van der Waals surface area contributed by atoms with Crippen LogP contribution in [-0.2, 0) is 16.0 Å². The first-order valence-corrected chi connectivity index (χ1v) is 9.10. The molecule has 3 rings (SSSR count). The third-order valence-electron chi connectivity index (χ3n) is 5.05. The van der Waals surface area contributed by atoms with Crippen LogP contribution in [0.25, 0.3) is 0 Å². The highest BCUT2D eigenvalue weighted by atomic mass is 16.2. The highest BCUT2D eigenvalue weighted by molar-refractivity contribution is 6.06.